The Morgan fingerprint density at radius 1 is 1.12 bits per heavy atom. The van der Waals surface area contributed by atoms with E-state index in [2.05, 4.69) is 4.90 Å². The van der Waals surface area contributed by atoms with Gasteiger partial charge in [0, 0.05) is 19.7 Å². The first kappa shape index (κ1) is 17.0. The van der Waals surface area contributed by atoms with Crippen LogP contribution in [-0.4, -0.2) is 24.2 Å². The van der Waals surface area contributed by atoms with Crippen LogP contribution in [0.15, 0.2) is 47.1 Å². The minimum Gasteiger partial charge on any atom is -0.468 e. The standard InChI is InChI=1S/C18H20F3NO2/c19-18(20,21)15-5-1-4-14(10-15)11-22(12-16-6-2-8-23-16)13-17-7-3-9-24-17/h1-2,4-6,8,10,17H,3,7,9,11-13H2/t17-/m1/s1. The Labute approximate surface area is 139 Å². The van der Waals surface area contributed by atoms with Gasteiger partial charge in [0.1, 0.15) is 5.76 Å². The molecule has 1 aromatic carbocycles. The highest BCUT2D eigenvalue weighted by atomic mass is 19.4. The van der Waals surface area contributed by atoms with Crippen molar-refractivity contribution >= 4 is 0 Å². The lowest BCUT2D eigenvalue weighted by Gasteiger charge is -2.24. The van der Waals surface area contributed by atoms with Crippen LogP contribution in [0.4, 0.5) is 13.2 Å². The number of ether oxygens (including phenoxy) is 1. The van der Waals surface area contributed by atoms with Crippen LogP contribution in [0.1, 0.15) is 29.7 Å². The van der Waals surface area contributed by atoms with Gasteiger partial charge in [-0.3, -0.25) is 4.90 Å². The predicted molar refractivity (Wildman–Crippen MR) is 83.2 cm³/mol. The zero-order chi connectivity index (χ0) is 17.0. The first-order chi connectivity index (χ1) is 11.5. The fourth-order valence-electron chi connectivity index (χ4n) is 2.99. The molecule has 1 saturated heterocycles. The topological polar surface area (TPSA) is 25.6 Å². The maximum absolute atomic E-state index is 12.9. The molecule has 3 nitrogen and oxygen atoms in total. The Morgan fingerprint density at radius 2 is 2.00 bits per heavy atom. The Hall–Kier alpha value is -1.79. The highest BCUT2D eigenvalue weighted by Crippen LogP contribution is 2.30. The van der Waals surface area contributed by atoms with E-state index in [0.29, 0.717) is 25.2 Å². The molecule has 0 unspecified atom stereocenters. The highest BCUT2D eigenvalue weighted by molar-refractivity contribution is 5.25. The summed E-state index contributed by atoms with van der Waals surface area (Å²) in [6, 6.07) is 9.17. The molecule has 2 heterocycles. The molecule has 130 valence electrons. The summed E-state index contributed by atoms with van der Waals surface area (Å²) in [5.74, 6) is 0.792. The smallest absolute Gasteiger partial charge is 0.416 e. The second-order valence-electron chi connectivity index (χ2n) is 6.08. The van der Waals surface area contributed by atoms with Gasteiger partial charge in [-0.25, -0.2) is 0 Å². The summed E-state index contributed by atoms with van der Waals surface area (Å²) in [6.45, 7) is 2.40. The van der Waals surface area contributed by atoms with Crippen molar-refractivity contribution in [2.75, 3.05) is 13.2 Å². The van der Waals surface area contributed by atoms with E-state index in [1.54, 1.807) is 12.3 Å². The lowest BCUT2D eigenvalue weighted by Crippen LogP contribution is -2.31. The van der Waals surface area contributed by atoms with Gasteiger partial charge in [0.2, 0.25) is 0 Å². The Morgan fingerprint density at radius 3 is 2.67 bits per heavy atom. The van der Waals surface area contributed by atoms with Crippen molar-refractivity contribution < 1.29 is 22.3 Å². The van der Waals surface area contributed by atoms with Crippen molar-refractivity contribution in [1.82, 2.24) is 4.90 Å². The van der Waals surface area contributed by atoms with Gasteiger partial charge in [-0.1, -0.05) is 18.2 Å². The van der Waals surface area contributed by atoms with E-state index >= 15 is 0 Å². The van der Waals surface area contributed by atoms with E-state index in [1.807, 2.05) is 12.1 Å². The van der Waals surface area contributed by atoms with E-state index < -0.39 is 11.7 Å². The Kier molecular flexibility index (Phi) is 5.26. The molecule has 0 aliphatic carbocycles. The molecule has 1 aliphatic heterocycles. The number of benzene rings is 1. The molecule has 0 saturated carbocycles. The molecule has 1 aromatic heterocycles. The third kappa shape index (κ3) is 4.61. The Bertz CT molecular complexity index is 634. The SMILES string of the molecule is FC(F)(F)c1cccc(CN(Cc2ccco2)C[C@H]2CCCO2)c1. The monoisotopic (exact) mass is 339 g/mol. The van der Waals surface area contributed by atoms with Crippen LogP contribution in [-0.2, 0) is 24.0 Å². The van der Waals surface area contributed by atoms with Crippen LogP contribution in [0.2, 0.25) is 0 Å². The van der Waals surface area contributed by atoms with Crippen molar-refractivity contribution in [1.29, 1.82) is 0 Å². The van der Waals surface area contributed by atoms with E-state index in [4.69, 9.17) is 9.15 Å². The van der Waals surface area contributed by atoms with Gasteiger partial charge in [-0.15, -0.1) is 0 Å². The summed E-state index contributed by atoms with van der Waals surface area (Å²) < 4.78 is 49.7. The third-order valence-electron chi connectivity index (χ3n) is 4.11. The molecule has 0 bridgehead atoms. The van der Waals surface area contributed by atoms with E-state index in [9.17, 15) is 13.2 Å². The number of alkyl halides is 3. The summed E-state index contributed by atoms with van der Waals surface area (Å²) in [5.41, 5.74) is 0.0180. The van der Waals surface area contributed by atoms with Crippen LogP contribution in [0.25, 0.3) is 0 Å². The predicted octanol–water partition coefficient (Wildman–Crippen LogP) is 4.48. The van der Waals surface area contributed by atoms with Gasteiger partial charge in [0.05, 0.1) is 24.5 Å². The minimum atomic E-state index is -4.32. The third-order valence-corrected chi connectivity index (χ3v) is 4.11. The summed E-state index contributed by atoms with van der Waals surface area (Å²) in [4.78, 5) is 2.07. The Balaban J connectivity index is 1.72. The van der Waals surface area contributed by atoms with E-state index in [0.717, 1.165) is 31.3 Å². The number of nitrogens with zero attached hydrogens (tertiary/aromatic N) is 1. The molecule has 0 spiro atoms. The zero-order valence-corrected chi connectivity index (χ0v) is 13.3. The fourth-order valence-corrected chi connectivity index (χ4v) is 2.99. The van der Waals surface area contributed by atoms with Crippen molar-refractivity contribution in [3.8, 4) is 0 Å². The average molecular weight is 339 g/mol. The first-order valence-electron chi connectivity index (χ1n) is 8.03. The van der Waals surface area contributed by atoms with Crippen LogP contribution >= 0.6 is 0 Å². The second kappa shape index (κ2) is 7.40. The number of hydrogen-bond acceptors (Lipinski definition) is 3. The molecular formula is C18H20F3NO2. The van der Waals surface area contributed by atoms with Crippen LogP contribution < -0.4 is 0 Å². The number of rotatable bonds is 6. The maximum atomic E-state index is 12.9. The van der Waals surface area contributed by atoms with Crippen LogP contribution in [0, 0.1) is 0 Å². The fraction of sp³-hybridized carbons (Fsp3) is 0.444. The summed E-state index contributed by atoms with van der Waals surface area (Å²) in [5, 5.41) is 0. The van der Waals surface area contributed by atoms with Gasteiger partial charge in [-0.05, 0) is 36.6 Å². The van der Waals surface area contributed by atoms with Gasteiger partial charge in [0.15, 0.2) is 0 Å². The molecule has 0 N–H and O–H groups in total. The molecular weight excluding hydrogens is 319 g/mol. The van der Waals surface area contributed by atoms with Crippen LogP contribution in [0.5, 0.6) is 0 Å². The maximum Gasteiger partial charge on any atom is 0.416 e. The second-order valence-corrected chi connectivity index (χ2v) is 6.08. The normalized spacial score (nSPS) is 18.4. The molecule has 6 heteroatoms. The average Bonchev–Trinajstić information content (AvgIpc) is 3.20. The molecule has 1 atom stereocenters. The first-order valence-corrected chi connectivity index (χ1v) is 8.03. The quantitative estimate of drug-likeness (QED) is 0.776. The number of halogens is 3. The van der Waals surface area contributed by atoms with E-state index in [-0.39, 0.29) is 6.10 Å². The number of hydrogen-bond donors (Lipinski definition) is 0. The molecule has 1 aliphatic rings. The van der Waals surface area contributed by atoms with Crippen molar-refractivity contribution in [2.24, 2.45) is 0 Å². The molecule has 24 heavy (non-hydrogen) atoms. The van der Waals surface area contributed by atoms with E-state index in [1.165, 1.54) is 12.1 Å². The van der Waals surface area contributed by atoms with Crippen LogP contribution in [0.3, 0.4) is 0 Å². The van der Waals surface area contributed by atoms with Crippen molar-refractivity contribution in [2.45, 2.75) is 38.2 Å². The van der Waals surface area contributed by atoms with Gasteiger partial charge < -0.3 is 9.15 Å². The number of furan rings is 1. The molecule has 2 aromatic rings. The van der Waals surface area contributed by atoms with Gasteiger partial charge >= 0.3 is 6.18 Å². The van der Waals surface area contributed by atoms with Gasteiger partial charge in [-0.2, -0.15) is 13.2 Å². The zero-order valence-electron chi connectivity index (χ0n) is 13.3. The van der Waals surface area contributed by atoms with Gasteiger partial charge in [0.25, 0.3) is 0 Å². The summed E-state index contributed by atoms with van der Waals surface area (Å²) in [7, 11) is 0. The summed E-state index contributed by atoms with van der Waals surface area (Å²) >= 11 is 0. The minimum absolute atomic E-state index is 0.130. The lowest BCUT2D eigenvalue weighted by molar-refractivity contribution is -0.137. The molecule has 0 amide bonds. The largest absolute Gasteiger partial charge is 0.468 e. The van der Waals surface area contributed by atoms with Crippen molar-refractivity contribution in [3.05, 3.63) is 59.5 Å². The molecule has 3 rings (SSSR count). The summed E-state index contributed by atoms with van der Waals surface area (Å²) in [6.07, 6.45) is -0.578. The lowest BCUT2D eigenvalue weighted by atomic mass is 10.1. The molecule has 0 radical (unpaired) electrons. The highest BCUT2D eigenvalue weighted by Gasteiger charge is 2.30. The van der Waals surface area contributed by atoms with Crippen molar-refractivity contribution in [3.63, 3.8) is 0 Å². The molecule has 1 fully saturated rings.